The summed E-state index contributed by atoms with van der Waals surface area (Å²) in [6, 6.07) is 10.2. The Morgan fingerprint density at radius 1 is 1.23 bits per heavy atom. The zero-order valence-corrected chi connectivity index (χ0v) is 8.40. The summed E-state index contributed by atoms with van der Waals surface area (Å²) in [6.07, 6.45) is 1.92. The molecule has 1 heteroatoms. The van der Waals surface area contributed by atoms with E-state index in [1.807, 2.05) is 25.1 Å². The molecule has 0 spiro atoms. The van der Waals surface area contributed by atoms with Gasteiger partial charge in [-0.05, 0) is 18.9 Å². The summed E-state index contributed by atoms with van der Waals surface area (Å²) >= 11 is 0. The van der Waals surface area contributed by atoms with Crippen LogP contribution in [0, 0.1) is 0 Å². The van der Waals surface area contributed by atoms with Crippen LogP contribution in [-0.4, -0.2) is 11.2 Å². The van der Waals surface area contributed by atoms with E-state index in [-0.39, 0.29) is 6.10 Å². The van der Waals surface area contributed by atoms with Gasteiger partial charge in [-0.15, -0.1) is 0 Å². The third-order valence-electron chi connectivity index (χ3n) is 2.41. The minimum absolute atomic E-state index is 0.248. The van der Waals surface area contributed by atoms with Crippen LogP contribution in [0.25, 0.3) is 0 Å². The van der Waals surface area contributed by atoms with Crippen molar-refractivity contribution in [1.82, 2.24) is 0 Å². The lowest BCUT2D eigenvalue weighted by molar-refractivity contribution is 0.157. The van der Waals surface area contributed by atoms with E-state index in [9.17, 15) is 5.11 Å². The molecule has 13 heavy (non-hydrogen) atoms. The van der Waals surface area contributed by atoms with Crippen LogP contribution in [0.5, 0.6) is 0 Å². The molecular formula is C12H18O. The van der Waals surface area contributed by atoms with Gasteiger partial charge in [-0.1, -0.05) is 43.7 Å². The van der Waals surface area contributed by atoms with E-state index in [4.69, 9.17) is 0 Å². The predicted octanol–water partition coefficient (Wildman–Crippen LogP) is 2.95. The first-order valence-electron chi connectivity index (χ1n) is 4.98. The van der Waals surface area contributed by atoms with Gasteiger partial charge in [0.2, 0.25) is 0 Å². The van der Waals surface area contributed by atoms with Gasteiger partial charge in [-0.25, -0.2) is 0 Å². The number of hydrogen-bond donors (Lipinski definition) is 1. The van der Waals surface area contributed by atoms with Gasteiger partial charge in [0.15, 0.2) is 0 Å². The van der Waals surface area contributed by atoms with E-state index < -0.39 is 0 Å². The Morgan fingerprint density at radius 3 is 2.31 bits per heavy atom. The largest absolute Gasteiger partial charge is 0.393 e. The van der Waals surface area contributed by atoms with Gasteiger partial charge in [0.05, 0.1) is 6.10 Å². The van der Waals surface area contributed by atoms with Crippen LogP contribution >= 0.6 is 0 Å². The highest BCUT2D eigenvalue weighted by molar-refractivity contribution is 5.20. The maximum atomic E-state index is 9.60. The molecule has 0 amide bonds. The molecule has 0 fully saturated rings. The Hall–Kier alpha value is -0.820. The Balaban J connectivity index is 2.76. The van der Waals surface area contributed by atoms with Crippen LogP contribution in [0.2, 0.25) is 0 Å². The maximum Gasteiger partial charge on any atom is 0.0580 e. The lowest BCUT2D eigenvalue weighted by Gasteiger charge is -2.19. The van der Waals surface area contributed by atoms with Crippen molar-refractivity contribution in [3.63, 3.8) is 0 Å². The fourth-order valence-corrected chi connectivity index (χ4v) is 1.70. The topological polar surface area (TPSA) is 20.2 Å². The average molecular weight is 178 g/mol. The molecule has 0 aromatic heterocycles. The second kappa shape index (κ2) is 5.03. The highest BCUT2D eigenvalue weighted by Gasteiger charge is 2.15. The van der Waals surface area contributed by atoms with Crippen molar-refractivity contribution in [2.45, 2.75) is 38.7 Å². The number of benzene rings is 1. The summed E-state index contributed by atoms with van der Waals surface area (Å²) < 4.78 is 0. The smallest absolute Gasteiger partial charge is 0.0580 e. The van der Waals surface area contributed by atoms with Crippen molar-refractivity contribution in [2.75, 3.05) is 0 Å². The Bertz CT molecular complexity index is 228. The monoisotopic (exact) mass is 178 g/mol. The summed E-state index contributed by atoms with van der Waals surface area (Å²) in [6.45, 7) is 4.02. The number of aliphatic hydroxyl groups is 1. The number of hydrogen-bond acceptors (Lipinski definition) is 1. The van der Waals surface area contributed by atoms with Crippen LogP contribution in [-0.2, 0) is 0 Å². The van der Waals surface area contributed by atoms with Crippen LogP contribution in [0.1, 0.15) is 38.2 Å². The van der Waals surface area contributed by atoms with Gasteiger partial charge in [-0.2, -0.15) is 0 Å². The average Bonchev–Trinajstić information content (AvgIpc) is 2.15. The number of rotatable bonds is 4. The lowest BCUT2D eigenvalue weighted by atomic mass is 9.90. The molecule has 1 N–H and O–H groups in total. The molecule has 0 unspecified atom stereocenters. The molecule has 0 heterocycles. The van der Waals surface area contributed by atoms with Crippen molar-refractivity contribution in [1.29, 1.82) is 0 Å². The molecule has 2 atom stereocenters. The molecule has 0 radical (unpaired) electrons. The van der Waals surface area contributed by atoms with Gasteiger partial charge in [0, 0.05) is 5.92 Å². The van der Waals surface area contributed by atoms with Gasteiger partial charge >= 0.3 is 0 Å². The fourth-order valence-electron chi connectivity index (χ4n) is 1.70. The quantitative estimate of drug-likeness (QED) is 0.751. The zero-order chi connectivity index (χ0) is 9.68. The first kappa shape index (κ1) is 10.3. The van der Waals surface area contributed by atoms with Gasteiger partial charge in [-0.3, -0.25) is 0 Å². The van der Waals surface area contributed by atoms with Crippen molar-refractivity contribution >= 4 is 0 Å². The summed E-state index contributed by atoms with van der Waals surface area (Å²) in [5.74, 6) is 0.297. The standard InChI is InChI=1S/C12H18O/c1-3-7-12(10(2)13)11-8-5-4-6-9-11/h4-6,8-10,12-13H,3,7H2,1-2H3/t10-,12-/m1/s1. The fraction of sp³-hybridized carbons (Fsp3) is 0.500. The molecule has 0 aliphatic carbocycles. The van der Waals surface area contributed by atoms with E-state index >= 15 is 0 Å². The second-order valence-electron chi connectivity index (χ2n) is 3.55. The lowest BCUT2D eigenvalue weighted by Crippen LogP contribution is -2.14. The Kier molecular flexibility index (Phi) is 3.97. The summed E-state index contributed by atoms with van der Waals surface area (Å²) in [7, 11) is 0. The van der Waals surface area contributed by atoms with E-state index in [0.29, 0.717) is 5.92 Å². The SMILES string of the molecule is CCC[C@@H](c1ccccc1)[C@@H](C)O. The second-order valence-corrected chi connectivity index (χ2v) is 3.55. The van der Waals surface area contributed by atoms with Crippen LogP contribution in [0.15, 0.2) is 30.3 Å². The zero-order valence-electron chi connectivity index (χ0n) is 8.40. The van der Waals surface area contributed by atoms with Crippen molar-refractivity contribution in [3.8, 4) is 0 Å². The molecular weight excluding hydrogens is 160 g/mol. The van der Waals surface area contributed by atoms with Gasteiger partial charge in [0.25, 0.3) is 0 Å². The molecule has 1 aromatic carbocycles. The molecule has 0 saturated carbocycles. The summed E-state index contributed by atoms with van der Waals surface area (Å²) in [5, 5.41) is 9.60. The van der Waals surface area contributed by atoms with Crippen LogP contribution in [0.3, 0.4) is 0 Å². The minimum atomic E-state index is -0.248. The van der Waals surface area contributed by atoms with E-state index in [1.165, 1.54) is 5.56 Å². The molecule has 0 aliphatic rings. The molecule has 0 bridgehead atoms. The molecule has 1 rings (SSSR count). The van der Waals surface area contributed by atoms with Gasteiger partial charge in [0.1, 0.15) is 0 Å². The molecule has 0 saturated heterocycles. The van der Waals surface area contributed by atoms with Crippen LogP contribution in [0.4, 0.5) is 0 Å². The first-order valence-corrected chi connectivity index (χ1v) is 4.98. The maximum absolute atomic E-state index is 9.60. The molecule has 0 aliphatic heterocycles. The minimum Gasteiger partial charge on any atom is -0.393 e. The van der Waals surface area contributed by atoms with Crippen LogP contribution < -0.4 is 0 Å². The molecule has 1 nitrogen and oxygen atoms in total. The highest BCUT2D eigenvalue weighted by atomic mass is 16.3. The summed E-state index contributed by atoms with van der Waals surface area (Å²) in [5.41, 5.74) is 1.25. The van der Waals surface area contributed by atoms with E-state index in [0.717, 1.165) is 12.8 Å². The highest BCUT2D eigenvalue weighted by Crippen LogP contribution is 2.24. The van der Waals surface area contributed by atoms with E-state index in [2.05, 4.69) is 19.1 Å². The Labute approximate surface area is 80.4 Å². The Morgan fingerprint density at radius 2 is 1.85 bits per heavy atom. The first-order chi connectivity index (χ1) is 6.25. The van der Waals surface area contributed by atoms with Gasteiger partial charge < -0.3 is 5.11 Å². The normalized spacial score (nSPS) is 15.3. The molecule has 72 valence electrons. The van der Waals surface area contributed by atoms with E-state index in [1.54, 1.807) is 0 Å². The van der Waals surface area contributed by atoms with Crippen molar-refractivity contribution in [2.24, 2.45) is 0 Å². The predicted molar refractivity (Wildman–Crippen MR) is 55.8 cm³/mol. The third kappa shape index (κ3) is 2.85. The molecule has 1 aromatic rings. The van der Waals surface area contributed by atoms with Crippen molar-refractivity contribution < 1.29 is 5.11 Å². The summed E-state index contributed by atoms with van der Waals surface area (Å²) in [4.78, 5) is 0. The van der Waals surface area contributed by atoms with Crippen molar-refractivity contribution in [3.05, 3.63) is 35.9 Å². The third-order valence-corrected chi connectivity index (χ3v) is 2.41. The number of aliphatic hydroxyl groups excluding tert-OH is 1.